The van der Waals surface area contributed by atoms with E-state index < -0.39 is 0 Å². The van der Waals surface area contributed by atoms with Crippen LogP contribution in [0.5, 0.6) is 0 Å². The molecule has 0 saturated carbocycles. The maximum atomic E-state index is 8.08. The quantitative estimate of drug-likeness (QED) is 0.516. The first kappa shape index (κ1) is 7.92. The topological polar surface area (TPSA) is 32.8 Å². The molecule has 8 heavy (non-hydrogen) atoms. The first-order valence-electron chi connectivity index (χ1n) is 3.07. The summed E-state index contributed by atoms with van der Waals surface area (Å²) >= 11 is 0. The van der Waals surface area contributed by atoms with Gasteiger partial charge in [0.25, 0.3) is 0 Å². The van der Waals surface area contributed by atoms with Crippen LogP contribution in [0.3, 0.4) is 0 Å². The van der Waals surface area contributed by atoms with E-state index in [0.717, 1.165) is 6.61 Å². The zero-order valence-corrected chi connectivity index (χ0v) is 5.55. The van der Waals surface area contributed by atoms with Gasteiger partial charge in [-0.1, -0.05) is 20.3 Å². The maximum Gasteiger partial charge on any atom is 0.104 e. The van der Waals surface area contributed by atoms with Crippen LogP contribution in [0, 0.1) is 0 Å². The van der Waals surface area contributed by atoms with Crippen LogP contribution in [0.1, 0.15) is 20.3 Å². The standard InChI is InChI=1S/C3H6O2.C3H8/c4-1-3-2-5-3;1-3-2/h3-4H,1-2H2;3H2,1-2H3. The summed E-state index contributed by atoms with van der Waals surface area (Å²) < 4.78 is 4.61. The summed E-state index contributed by atoms with van der Waals surface area (Å²) in [4.78, 5) is 0. The highest BCUT2D eigenvalue weighted by molar-refractivity contribution is 4.65. The maximum absolute atomic E-state index is 8.08. The van der Waals surface area contributed by atoms with Crippen LogP contribution < -0.4 is 0 Å². The van der Waals surface area contributed by atoms with Gasteiger partial charge in [-0.05, 0) is 0 Å². The lowest BCUT2D eigenvalue weighted by Gasteiger charge is -1.70. The molecule has 0 aliphatic carbocycles. The Kier molecular flexibility index (Phi) is 5.01. The molecule has 0 aromatic carbocycles. The van der Waals surface area contributed by atoms with Crippen molar-refractivity contribution < 1.29 is 9.84 Å². The highest BCUT2D eigenvalue weighted by Crippen LogP contribution is 2.04. The Bertz CT molecular complexity index is 41.8. The van der Waals surface area contributed by atoms with E-state index in [0.29, 0.717) is 0 Å². The molecule has 0 aromatic rings. The van der Waals surface area contributed by atoms with Gasteiger partial charge < -0.3 is 9.84 Å². The van der Waals surface area contributed by atoms with Crippen molar-refractivity contribution in [3.8, 4) is 0 Å². The minimum absolute atomic E-state index is 0.190. The molecule has 2 heteroatoms. The van der Waals surface area contributed by atoms with E-state index in [-0.39, 0.29) is 12.7 Å². The average Bonchev–Trinajstić information content (AvgIpc) is 2.48. The Morgan fingerprint density at radius 1 is 1.62 bits per heavy atom. The van der Waals surface area contributed by atoms with Crippen LogP contribution in [0.4, 0.5) is 0 Å². The van der Waals surface area contributed by atoms with Crippen LogP contribution in [0.25, 0.3) is 0 Å². The molecule has 1 fully saturated rings. The molecule has 1 aliphatic rings. The largest absolute Gasteiger partial charge is 0.394 e. The Balaban J connectivity index is 0.000000145. The molecular weight excluding hydrogens is 104 g/mol. The fourth-order valence-electron chi connectivity index (χ4n) is 0.173. The summed E-state index contributed by atoms with van der Waals surface area (Å²) in [6, 6.07) is 0. The number of aliphatic hydroxyl groups is 1. The second kappa shape index (κ2) is 5.06. The van der Waals surface area contributed by atoms with Gasteiger partial charge in [0.1, 0.15) is 6.10 Å². The lowest BCUT2D eigenvalue weighted by Crippen LogP contribution is -1.88. The number of rotatable bonds is 1. The zero-order valence-electron chi connectivity index (χ0n) is 5.55. The number of aliphatic hydroxyl groups excluding tert-OH is 1. The number of hydrogen-bond donors (Lipinski definition) is 1. The summed E-state index contributed by atoms with van der Waals surface area (Å²) in [5, 5.41) is 8.08. The van der Waals surface area contributed by atoms with Gasteiger partial charge in [-0.2, -0.15) is 0 Å². The Morgan fingerprint density at radius 3 is 2.00 bits per heavy atom. The summed E-state index contributed by atoms with van der Waals surface area (Å²) in [5.41, 5.74) is 0. The molecule has 1 heterocycles. The van der Waals surface area contributed by atoms with Gasteiger partial charge in [-0.25, -0.2) is 0 Å². The van der Waals surface area contributed by atoms with Crippen LogP contribution in [0.2, 0.25) is 0 Å². The van der Waals surface area contributed by atoms with Crippen molar-refractivity contribution in [3.05, 3.63) is 0 Å². The fourth-order valence-corrected chi connectivity index (χ4v) is 0.173. The van der Waals surface area contributed by atoms with Gasteiger partial charge in [0.2, 0.25) is 0 Å². The molecule has 0 radical (unpaired) electrons. The van der Waals surface area contributed by atoms with E-state index >= 15 is 0 Å². The van der Waals surface area contributed by atoms with Crippen molar-refractivity contribution in [1.82, 2.24) is 0 Å². The minimum atomic E-state index is 0.190. The van der Waals surface area contributed by atoms with Gasteiger partial charge in [0.15, 0.2) is 0 Å². The van der Waals surface area contributed by atoms with Crippen LogP contribution >= 0.6 is 0 Å². The first-order chi connectivity index (χ1) is 3.85. The van der Waals surface area contributed by atoms with E-state index in [9.17, 15) is 0 Å². The van der Waals surface area contributed by atoms with Crippen molar-refractivity contribution >= 4 is 0 Å². The number of epoxide rings is 1. The summed E-state index contributed by atoms with van der Waals surface area (Å²) in [5.74, 6) is 0. The van der Waals surface area contributed by atoms with Crippen molar-refractivity contribution in [2.45, 2.75) is 26.4 Å². The van der Waals surface area contributed by atoms with E-state index in [1.807, 2.05) is 0 Å². The Hall–Kier alpha value is -0.0800. The SMILES string of the molecule is CCC.OCC1CO1. The van der Waals surface area contributed by atoms with Crippen LogP contribution in [0.15, 0.2) is 0 Å². The predicted molar refractivity (Wildman–Crippen MR) is 32.8 cm³/mol. The Labute approximate surface area is 50.5 Å². The van der Waals surface area contributed by atoms with Crippen molar-refractivity contribution in [3.63, 3.8) is 0 Å². The molecule has 0 aromatic heterocycles. The zero-order chi connectivity index (χ0) is 6.41. The molecular formula is C6H14O2. The molecule has 0 spiro atoms. The van der Waals surface area contributed by atoms with Crippen LogP contribution in [-0.2, 0) is 4.74 Å². The lowest BCUT2D eigenvalue weighted by molar-refractivity contribution is 0.244. The van der Waals surface area contributed by atoms with Gasteiger partial charge >= 0.3 is 0 Å². The van der Waals surface area contributed by atoms with E-state index in [4.69, 9.17) is 5.11 Å². The monoisotopic (exact) mass is 118 g/mol. The number of hydrogen-bond acceptors (Lipinski definition) is 2. The summed E-state index contributed by atoms with van der Waals surface area (Å²) in [7, 11) is 0. The third-order valence-corrected chi connectivity index (χ3v) is 0.606. The van der Waals surface area contributed by atoms with Gasteiger partial charge in [0.05, 0.1) is 13.2 Å². The minimum Gasteiger partial charge on any atom is -0.394 e. The fraction of sp³-hybridized carbons (Fsp3) is 1.00. The molecule has 1 unspecified atom stereocenters. The van der Waals surface area contributed by atoms with Gasteiger partial charge in [0, 0.05) is 0 Å². The molecule has 50 valence electrons. The van der Waals surface area contributed by atoms with Crippen molar-refractivity contribution in [2.75, 3.05) is 13.2 Å². The lowest BCUT2D eigenvalue weighted by atomic mass is 10.5. The van der Waals surface area contributed by atoms with Crippen LogP contribution in [-0.4, -0.2) is 24.4 Å². The van der Waals surface area contributed by atoms with E-state index in [2.05, 4.69) is 18.6 Å². The molecule has 1 aliphatic heterocycles. The first-order valence-corrected chi connectivity index (χ1v) is 3.07. The van der Waals surface area contributed by atoms with E-state index in [1.54, 1.807) is 0 Å². The highest BCUT2D eigenvalue weighted by Gasteiger charge is 2.19. The van der Waals surface area contributed by atoms with E-state index in [1.165, 1.54) is 6.42 Å². The molecule has 0 amide bonds. The van der Waals surface area contributed by atoms with Crippen molar-refractivity contribution in [1.29, 1.82) is 0 Å². The second-order valence-electron chi connectivity index (χ2n) is 1.85. The smallest absolute Gasteiger partial charge is 0.104 e. The molecule has 1 rings (SSSR count). The predicted octanol–water partition coefficient (Wildman–Crippen LogP) is 0.794. The molecule has 1 saturated heterocycles. The molecule has 1 atom stereocenters. The number of ether oxygens (including phenoxy) is 1. The molecule has 0 bridgehead atoms. The summed E-state index contributed by atoms with van der Waals surface area (Å²) in [6.45, 7) is 5.20. The Morgan fingerprint density at radius 2 is 2.00 bits per heavy atom. The highest BCUT2D eigenvalue weighted by atomic mass is 16.6. The third-order valence-electron chi connectivity index (χ3n) is 0.606. The molecule has 1 N–H and O–H groups in total. The second-order valence-corrected chi connectivity index (χ2v) is 1.85. The van der Waals surface area contributed by atoms with Crippen molar-refractivity contribution in [2.24, 2.45) is 0 Å². The third kappa shape index (κ3) is 5.92. The van der Waals surface area contributed by atoms with Gasteiger partial charge in [-0.3, -0.25) is 0 Å². The average molecular weight is 118 g/mol. The summed E-state index contributed by atoms with van der Waals surface area (Å²) in [6.07, 6.45) is 1.44. The normalized spacial score (nSPS) is 23.6. The molecule has 2 nitrogen and oxygen atoms in total. The van der Waals surface area contributed by atoms with Gasteiger partial charge in [-0.15, -0.1) is 0 Å².